The van der Waals surface area contributed by atoms with Gasteiger partial charge in [0.2, 0.25) is 11.7 Å². The van der Waals surface area contributed by atoms with Crippen molar-refractivity contribution in [1.82, 2.24) is 20.4 Å². The molecule has 1 saturated heterocycles. The first-order valence-corrected chi connectivity index (χ1v) is 8.01. The number of nitrogens with one attached hydrogen (secondary N) is 1. The highest BCUT2D eigenvalue weighted by Gasteiger charge is 2.32. The maximum atomic E-state index is 13.3. The van der Waals surface area contributed by atoms with E-state index < -0.39 is 24.6 Å². The van der Waals surface area contributed by atoms with Gasteiger partial charge in [-0.1, -0.05) is 17.3 Å². The Morgan fingerprint density at radius 3 is 2.92 bits per heavy atom. The molecule has 1 aromatic heterocycles. The molecule has 26 heavy (non-hydrogen) atoms. The molecule has 1 aliphatic rings. The van der Waals surface area contributed by atoms with E-state index in [0.717, 1.165) is 0 Å². The van der Waals surface area contributed by atoms with Gasteiger partial charge in [0.15, 0.2) is 0 Å². The van der Waals surface area contributed by atoms with Crippen LogP contribution in [0.25, 0.3) is 11.4 Å². The maximum Gasteiger partial charge on any atom is 0.405 e. The number of urea groups is 1. The molecular formula is C16H16F4N4O2. The molecule has 2 amide bonds. The first kappa shape index (κ1) is 18.2. The second-order valence-electron chi connectivity index (χ2n) is 6.03. The summed E-state index contributed by atoms with van der Waals surface area (Å²) < 4.78 is 55.2. The van der Waals surface area contributed by atoms with Gasteiger partial charge in [0.25, 0.3) is 0 Å². The Kier molecular flexibility index (Phi) is 5.10. The second-order valence-corrected chi connectivity index (χ2v) is 6.03. The molecule has 0 saturated carbocycles. The van der Waals surface area contributed by atoms with Crippen molar-refractivity contribution in [3.05, 3.63) is 36.0 Å². The van der Waals surface area contributed by atoms with Crippen molar-refractivity contribution in [2.75, 3.05) is 19.6 Å². The number of carbonyl (C=O) groups is 1. The Labute approximate surface area is 146 Å². The fraction of sp³-hybridized carbons (Fsp3) is 0.438. The van der Waals surface area contributed by atoms with Crippen LogP contribution in [0, 0.1) is 5.82 Å². The van der Waals surface area contributed by atoms with Gasteiger partial charge in [0, 0.05) is 18.7 Å². The van der Waals surface area contributed by atoms with Crippen molar-refractivity contribution in [1.29, 1.82) is 0 Å². The average molecular weight is 372 g/mol. The number of hydrogen-bond donors (Lipinski definition) is 1. The van der Waals surface area contributed by atoms with Crippen LogP contribution in [0.2, 0.25) is 0 Å². The van der Waals surface area contributed by atoms with E-state index in [1.54, 1.807) is 6.07 Å². The lowest BCUT2D eigenvalue weighted by Crippen LogP contribution is -2.47. The first-order chi connectivity index (χ1) is 12.3. The molecule has 1 N–H and O–H groups in total. The van der Waals surface area contributed by atoms with Crippen LogP contribution < -0.4 is 5.32 Å². The molecule has 2 aromatic rings. The molecule has 10 heteroatoms. The molecule has 0 bridgehead atoms. The first-order valence-electron chi connectivity index (χ1n) is 8.01. The van der Waals surface area contributed by atoms with E-state index in [0.29, 0.717) is 24.9 Å². The molecule has 0 radical (unpaired) electrons. The molecule has 2 heterocycles. The SMILES string of the molecule is O=C(NCC(F)(F)F)N1CCC[C@H](c2nc(-c3cccc(F)c3)no2)C1. The Bertz CT molecular complexity index is 778. The average Bonchev–Trinajstić information content (AvgIpc) is 3.09. The van der Waals surface area contributed by atoms with Gasteiger partial charge in [-0.25, -0.2) is 9.18 Å². The van der Waals surface area contributed by atoms with Crippen LogP contribution in [0.5, 0.6) is 0 Å². The molecule has 3 rings (SSSR count). The molecule has 0 spiro atoms. The number of nitrogens with zero attached hydrogens (tertiary/aromatic N) is 3. The summed E-state index contributed by atoms with van der Waals surface area (Å²) in [4.78, 5) is 17.4. The number of amides is 2. The van der Waals surface area contributed by atoms with Crippen LogP contribution in [0.3, 0.4) is 0 Å². The number of likely N-dealkylation sites (tertiary alicyclic amines) is 1. The van der Waals surface area contributed by atoms with Crippen molar-refractivity contribution in [3.63, 3.8) is 0 Å². The van der Waals surface area contributed by atoms with Crippen molar-refractivity contribution in [2.45, 2.75) is 24.9 Å². The predicted octanol–water partition coefficient (Wildman–Crippen LogP) is 3.33. The largest absolute Gasteiger partial charge is 0.405 e. The van der Waals surface area contributed by atoms with Crippen LogP contribution in [0.1, 0.15) is 24.7 Å². The zero-order chi connectivity index (χ0) is 18.7. The number of piperidine rings is 1. The third-order valence-electron chi connectivity index (χ3n) is 4.02. The minimum Gasteiger partial charge on any atom is -0.339 e. The van der Waals surface area contributed by atoms with Crippen molar-refractivity contribution < 1.29 is 26.9 Å². The number of alkyl halides is 3. The summed E-state index contributed by atoms with van der Waals surface area (Å²) in [5, 5.41) is 5.68. The third-order valence-corrected chi connectivity index (χ3v) is 4.02. The minimum atomic E-state index is -4.46. The van der Waals surface area contributed by atoms with Crippen LogP contribution in [-0.2, 0) is 0 Å². The standard InChI is InChI=1S/C16H16F4N4O2/c17-12-5-1-3-10(7-12)13-22-14(26-23-13)11-4-2-6-24(8-11)15(25)21-9-16(18,19)20/h1,3,5,7,11H,2,4,6,8-9H2,(H,21,25)/t11-/m0/s1. The summed E-state index contributed by atoms with van der Waals surface area (Å²) >= 11 is 0. The van der Waals surface area contributed by atoms with Crippen LogP contribution in [0.15, 0.2) is 28.8 Å². The highest BCUT2D eigenvalue weighted by atomic mass is 19.4. The van der Waals surface area contributed by atoms with Crippen molar-refractivity contribution in [2.24, 2.45) is 0 Å². The van der Waals surface area contributed by atoms with E-state index in [1.165, 1.54) is 23.1 Å². The lowest BCUT2D eigenvalue weighted by Gasteiger charge is -2.31. The van der Waals surface area contributed by atoms with Gasteiger partial charge < -0.3 is 14.7 Å². The number of aromatic nitrogens is 2. The summed E-state index contributed by atoms with van der Waals surface area (Å²) in [6, 6.07) is 4.94. The fourth-order valence-electron chi connectivity index (χ4n) is 2.80. The Hall–Kier alpha value is -2.65. The molecule has 0 aliphatic carbocycles. The zero-order valence-electron chi connectivity index (χ0n) is 13.6. The number of carbonyl (C=O) groups excluding carboxylic acids is 1. The quantitative estimate of drug-likeness (QED) is 0.839. The smallest absolute Gasteiger partial charge is 0.339 e. The molecule has 6 nitrogen and oxygen atoms in total. The zero-order valence-corrected chi connectivity index (χ0v) is 13.6. The Morgan fingerprint density at radius 1 is 1.38 bits per heavy atom. The van der Waals surface area contributed by atoms with Crippen LogP contribution in [0.4, 0.5) is 22.4 Å². The Morgan fingerprint density at radius 2 is 2.19 bits per heavy atom. The summed E-state index contributed by atoms with van der Waals surface area (Å²) in [5.41, 5.74) is 0.454. The normalized spacial score (nSPS) is 18.0. The van der Waals surface area contributed by atoms with Gasteiger partial charge in [-0.15, -0.1) is 0 Å². The third kappa shape index (κ3) is 4.50. The van der Waals surface area contributed by atoms with Crippen LogP contribution in [-0.4, -0.2) is 46.9 Å². The fourth-order valence-corrected chi connectivity index (χ4v) is 2.80. The van der Waals surface area contributed by atoms with Crippen LogP contribution >= 0.6 is 0 Å². The lowest BCUT2D eigenvalue weighted by atomic mass is 9.98. The van der Waals surface area contributed by atoms with Crippen molar-refractivity contribution >= 4 is 6.03 Å². The molecule has 1 aromatic carbocycles. The summed E-state index contributed by atoms with van der Waals surface area (Å²) in [7, 11) is 0. The van der Waals surface area contributed by atoms with Gasteiger partial charge >= 0.3 is 12.2 Å². The van der Waals surface area contributed by atoms with Gasteiger partial charge in [-0.3, -0.25) is 0 Å². The number of hydrogen-bond acceptors (Lipinski definition) is 4. The van der Waals surface area contributed by atoms with Gasteiger partial charge in [-0.05, 0) is 25.0 Å². The molecule has 140 valence electrons. The van der Waals surface area contributed by atoms with Gasteiger partial charge in [-0.2, -0.15) is 18.2 Å². The van der Waals surface area contributed by atoms with Crippen molar-refractivity contribution in [3.8, 4) is 11.4 Å². The van der Waals surface area contributed by atoms with Gasteiger partial charge in [0.05, 0.1) is 5.92 Å². The summed E-state index contributed by atoms with van der Waals surface area (Å²) in [5.74, 6) is -0.218. The minimum absolute atomic E-state index is 0.175. The molecule has 1 fully saturated rings. The topological polar surface area (TPSA) is 71.3 Å². The second kappa shape index (κ2) is 7.30. The van der Waals surface area contributed by atoms with E-state index in [-0.39, 0.29) is 24.2 Å². The molecule has 1 atom stereocenters. The molecule has 0 unspecified atom stereocenters. The molecular weight excluding hydrogens is 356 g/mol. The summed E-state index contributed by atoms with van der Waals surface area (Å²) in [6.07, 6.45) is -3.20. The molecule has 1 aliphatic heterocycles. The van der Waals surface area contributed by atoms with Gasteiger partial charge in [0.1, 0.15) is 12.4 Å². The predicted molar refractivity (Wildman–Crippen MR) is 82.7 cm³/mol. The van der Waals surface area contributed by atoms with E-state index in [4.69, 9.17) is 4.52 Å². The number of halogens is 4. The van der Waals surface area contributed by atoms with E-state index in [2.05, 4.69) is 10.1 Å². The van der Waals surface area contributed by atoms with E-state index in [1.807, 2.05) is 5.32 Å². The van der Waals surface area contributed by atoms with E-state index in [9.17, 15) is 22.4 Å². The lowest BCUT2D eigenvalue weighted by molar-refractivity contribution is -0.123. The highest BCUT2D eigenvalue weighted by Crippen LogP contribution is 2.28. The number of rotatable bonds is 3. The number of benzene rings is 1. The highest BCUT2D eigenvalue weighted by molar-refractivity contribution is 5.74. The summed E-state index contributed by atoms with van der Waals surface area (Å²) in [6.45, 7) is -0.850. The monoisotopic (exact) mass is 372 g/mol. The Balaban J connectivity index is 1.66. The van der Waals surface area contributed by atoms with E-state index >= 15 is 0 Å². The maximum absolute atomic E-state index is 13.3.